The minimum Gasteiger partial charge on any atom is -0.494 e. The standard InChI is InChI=1S/C13H15N3O5S/c1-3-16(13(19,20)7-17)12(18)15-11-14-10-8(21-2)5-4-6-9(10)22-11/h4-7,19-20H,3H2,1-2H3,(H,14,15,18). The second-order valence-corrected chi connectivity index (χ2v) is 5.34. The number of nitrogens with zero attached hydrogens (tertiary/aromatic N) is 2. The van der Waals surface area contributed by atoms with Crippen LogP contribution in [-0.4, -0.2) is 52.0 Å². The van der Waals surface area contributed by atoms with E-state index in [2.05, 4.69) is 10.3 Å². The Morgan fingerprint density at radius 1 is 1.55 bits per heavy atom. The molecular weight excluding hydrogens is 310 g/mol. The molecule has 2 rings (SSSR count). The Bertz CT molecular complexity index is 700. The number of fused-ring (bicyclic) bond motifs is 1. The zero-order valence-corrected chi connectivity index (χ0v) is 12.8. The number of aromatic nitrogens is 1. The molecule has 0 aliphatic heterocycles. The largest absolute Gasteiger partial charge is 0.494 e. The van der Waals surface area contributed by atoms with Gasteiger partial charge in [-0.15, -0.1) is 0 Å². The summed E-state index contributed by atoms with van der Waals surface area (Å²) in [5.41, 5.74) is 0.586. The van der Waals surface area contributed by atoms with Crippen LogP contribution in [-0.2, 0) is 4.79 Å². The Hall–Kier alpha value is -2.23. The summed E-state index contributed by atoms with van der Waals surface area (Å²) < 4.78 is 5.98. The quantitative estimate of drug-likeness (QED) is 0.558. The van der Waals surface area contributed by atoms with Gasteiger partial charge in [-0.2, -0.15) is 0 Å². The maximum Gasteiger partial charge on any atom is 0.328 e. The first-order chi connectivity index (χ1) is 10.4. The number of amides is 2. The summed E-state index contributed by atoms with van der Waals surface area (Å²) in [6.07, 6.45) is -0.128. The Balaban J connectivity index is 2.26. The smallest absolute Gasteiger partial charge is 0.328 e. The van der Waals surface area contributed by atoms with Gasteiger partial charge >= 0.3 is 11.9 Å². The number of anilines is 1. The molecule has 0 aliphatic rings. The number of hydrogen-bond donors (Lipinski definition) is 3. The van der Waals surface area contributed by atoms with E-state index in [-0.39, 0.29) is 18.0 Å². The molecule has 0 saturated heterocycles. The van der Waals surface area contributed by atoms with Crippen LogP contribution in [0.25, 0.3) is 10.2 Å². The van der Waals surface area contributed by atoms with Crippen molar-refractivity contribution in [3.63, 3.8) is 0 Å². The van der Waals surface area contributed by atoms with Gasteiger partial charge in [0.2, 0.25) is 6.29 Å². The van der Waals surface area contributed by atoms with Crippen molar-refractivity contribution in [1.82, 2.24) is 9.88 Å². The molecule has 8 nitrogen and oxygen atoms in total. The van der Waals surface area contributed by atoms with Gasteiger partial charge in [-0.1, -0.05) is 17.4 Å². The normalized spacial score (nSPS) is 11.3. The van der Waals surface area contributed by atoms with E-state index in [4.69, 9.17) is 4.74 Å². The molecule has 2 aromatic rings. The first kappa shape index (κ1) is 16.1. The molecule has 1 aromatic heterocycles. The monoisotopic (exact) mass is 325 g/mol. The molecule has 0 unspecified atom stereocenters. The third kappa shape index (κ3) is 3.01. The fraction of sp³-hybridized carbons (Fsp3) is 0.308. The van der Waals surface area contributed by atoms with Crippen molar-refractivity contribution in [2.75, 3.05) is 19.0 Å². The minimum atomic E-state index is -2.87. The number of hydrogen-bond acceptors (Lipinski definition) is 7. The molecule has 0 bridgehead atoms. The van der Waals surface area contributed by atoms with Crippen LogP contribution in [0.2, 0.25) is 0 Å². The van der Waals surface area contributed by atoms with Gasteiger partial charge in [0.05, 0.1) is 11.8 Å². The highest BCUT2D eigenvalue weighted by Gasteiger charge is 2.34. The number of urea groups is 1. The van der Waals surface area contributed by atoms with E-state index < -0.39 is 11.9 Å². The molecule has 118 valence electrons. The molecule has 0 aliphatic carbocycles. The predicted molar refractivity (Wildman–Crippen MR) is 80.8 cm³/mol. The van der Waals surface area contributed by atoms with E-state index >= 15 is 0 Å². The van der Waals surface area contributed by atoms with Crippen LogP contribution in [0.15, 0.2) is 18.2 Å². The minimum absolute atomic E-state index is 0.0776. The van der Waals surface area contributed by atoms with E-state index in [9.17, 15) is 19.8 Å². The first-order valence-corrected chi connectivity index (χ1v) is 7.17. The van der Waals surface area contributed by atoms with Crippen molar-refractivity contribution in [2.24, 2.45) is 0 Å². The number of likely N-dealkylation sites (N-methyl/N-ethyl adjacent to an activating group) is 1. The number of aldehydes is 1. The molecule has 22 heavy (non-hydrogen) atoms. The molecule has 0 saturated carbocycles. The van der Waals surface area contributed by atoms with Crippen LogP contribution >= 0.6 is 11.3 Å². The Morgan fingerprint density at radius 2 is 2.27 bits per heavy atom. The number of benzene rings is 1. The maximum atomic E-state index is 12.1. The summed E-state index contributed by atoms with van der Waals surface area (Å²) in [7, 11) is 1.52. The molecule has 0 fully saturated rings. The summed E-state index contributed by atoms with van der Waals surface area (Å²) >= 11 is 1.20. The van der Waals surface area contributed by atoms with E-state index in [1.54, 1.807) is 12.1 Å². The molecule has 3 N–H and O–H groups in total. The number of para-hydroxylation sites is 1. The number of thiazole rings is 1. The van der Waals surface area contributed by atoms with E-state index in [1.165, 1.54) is 25.4 Å². The van der Waals surface area contributed by atoms with Gasteiger partial charge in [0.25, 0.3) is 0 Å². The van der Waals surface area contributed by atoms with E-state index in [1.807, 2.05) is 6.07 Å². The van der Waals surface area contributed by atoms with Crippen LogP contribution in [0.5, 0.6) is 5.75 Å². The van der Waals surface area contributed by atoms with Crippen molar-refractivity contribution in [1.29, 1.82) is 0 Å². The number of methoxy groups -OCH3 is 1. The lowest BCUT2D eigenvalue weighted by atomic mass is 10.3. The van der Waals surface area contributed by atoms with Crippen molar-refractivity contribution in [3.05, 3.63) is 18.2 Å². The zero-order valence-electron chi connectivity index (χ0n) is 11.9. The lowest BCUT2D eigenvalue weighted by Gasteiger charge is -2.29. The topological polar surface area (TPSA) is 112 Å². The Kier molecular flexibility index (Phi) is 4.59. The number of aliphatic hydroxyl groups is 2. The lowest BCUT2D eigenvalue weighted by molar-refractivity contribution is -0.220. The van der Waals surface area contributed by atoms with Crippen LogP contribution in [0.4, 0.5) is 9.93 Å². The summed E-state index contributed by atoms with van der Waals surface area (Å²) in [4.78, 5) is 27.5. The van der Waals surface area contributed by atoms with Gasteiger partial charge < -0.3 is 14.9 Å². The SMILES string of the molecule is CCN(C(=O)Nc1nc2c(OC)cccc2s1)C(O)(O)C=O. The highest BCUT2D eigenvalue weighted by molar-refractivity contribution is 7.22. The van der Waals surface area contributed by atoms with Crippen LogP contribution in [0.1, 0.15) is 6.92 Å². The van der Waals surface area contributed by atoms with Crippen LogP contribution in [0.3, 0.4) is 0 Å². The van der Waals surface area contributed by atoms with Crippen LogP contribution < -0.4 is 10.1 Å². The highest BCUT2D eigenvalue weighted by Crippen LogP contribution is 2.32. The average Bonchev–Trinajstić information content (AvgIpc) is 2.89. The third-order valence-corrected chi connectivity index (χ3v) is 3.87. The predicted octanol–water partition coefficient (Wildman–Crippen LogP) is 0.996. The van der Waals surface area contributed by atoms with Gasteiger partial charge in [-0.25, -0.2) is 9.78 Å². The molecule has 1 aromatic carbocycles. The number of rotatable bonds is 5. The van der Waals surface area contributed by atoms with Gasteiger partial charge in [-0.05, 0) is 19.1 Å². The van der Waals surface area contributed by atoms with Gasteiger partial charge in [0.1, 0.15) is 11.3 Å². The third-order valence-electron chi connectivity index (χ3n) is 2.93. The maximum absolute atomic E-state index is 12.1. The van der Waals surface area contributed by atoms with Gasteiger partial charge in [0.15, 0.2) is 5.13 Å². The lowest BCUT2D eigenvalue weighted by Crippen LogP contribution is -2.54. The van der Waals surface area contributed by atoms with E-state index in [0.717, 1.165) is 4.70 Å². The van der Waals surface area contributed by atoms with Crippen LogP contribution in [0, 0.1) is 0 Å². The second-order valence-electron chi connectivity index (χ2n) is 4.31. The molecule has 0 radical (unpaired) electrons. The van der Waals surface area contributed by atoms with Gasteiger partial charge in [-0.3, -0.25) is 15.0 Å². The van der Waals surface area contributed by atoms with Gasteiger partial charge in [0, 0.05) is 6.54 Å². The molecule has 9 heteroatoms. The summed E-state index contributed by atoms with van der Waals surface area (Å²) in [5.74, 6) is -2.30. The molecule has 2 amide bonds. The Labute approximate surface area is 129 Å². The highest BCUT2D eigenvalue weighted by atomic mass is 32.1. The first-order valence-electron chi connectivity index (χ1n) is 6.36. The van der Waals surface area contributed by atoms with Crippen molar-refractivity contribution >= 4 is 39.0 Å². The zero-order chi connectivity index (χ0) is 16.3. The van der Waals surface area contributed by atoms with E-state index in [0.29, 0.717) is 16.2 Å². The molecule has 0 atom stereocenters. The molecule has 0 spiro atoms. The van der Waals surface area contributed by atoms with Crippen molar-refractivity contribution < 1.29 is 24.5 Å². The Morgan fingerprint density at radius 3 is 2.86 bits per heavy atom. The summed E-state index contributed by atoms with van der Waals surface area (Å²) in [5, 5.41) is 21.6. The number of nitrogens with one attached hydrogen (secondary N) is 1. The number of carbonyl (C=O) groups is 2. The average molecular weight is 325 g/mol. The van der Waals surface area contributed by atoms with Crippen molar-refractivity contribution in [2.45, 2.75) is 12.8 Å². The fourth-order valence-corrected chi connectivity index (χ4v) is 2.76. The fourth-order valence-electron chi connectivity index (χ4n) is 1.89. The summed E-state index contributed by atoms with van der Waals surface area (Å²) in [6.45, 7) is 1.43. The number of ether oxygens (including phenoxy) is 1. The summed E-state index contributed by atoms with van der Waals surface area (Å²) in [6, 6.07) is 4.50. The van der Waals surface area contributed by atoms with Crippen molar-refractivity contribution in [3.8, 4) is 5.75 Å². The second kappa shape index (κ2) is 6.26. The molecular formula is C13H15N3O5S. The number of carbonyl (C=O) groups excluding carboxylic acids is 2. The molecule has 1 heterocycles.